The molecule has 4 heterocycles. The first-order chi connectivity index (χ1) is 19.1. The van der Waals surface area contributed by atoms with Crippen LogP contribution in [0.4, 0.5) is 11.4 Å². The average molecular weight is 548 g/mol. The van der Waals surface area contributed by atoms with Crippen molar-refractivity contribution in [2.45, 2.75) is 52.1 Å². The molecule has 1 N–H and O–H groups in total. The van der Waals surface area contributed by atoms with Crippen molar-refractivity contribution in [3.63, 3.8) is 0 Å². The van der Waals surface area contributed by atoms with E-state index in [0.717, 1.165) is 61.0 Å². The summed E-state index contributed by atoms with van der Waals surface area (Å²) in [4.78, 5) is 22.4. The molecule has 3 aliphatic heterocycles. The van der Waals surface area contributed by atoms with E-state index in [-0.39, 0.29) is 17.4 Å². The lowest BCUT2D eigenvalue weighted by Gasteiger charge is -2.34. The van der Waals surface area contributed by atoms with Crippen LogP contribution in [0.1, 0.15) is 54.6 Å². The van der Waals surface area contributed by atoms with Crippen molar-refractivity contribution in [2.75, 3.05) is 63.8 Å². The maximum absolute atomic E-state index is 13.2. The van der Waals surface area contributed by atoms with Gasteiger partial charge in [0, 0.05) is 48.6 Å². The van der Waals surface area contributed by atoms with Gasteiger partial charge in [-0.2, -0.15) is 0 Å². The number of carbonyl (C=O) groups is 1. The molecular weight excluding hydrogens is 506 g/mol. The monoisotopic (exact) mass is 547 g/mol. The summed E-state index contributed by atoms with van der Waals surface area (Å²) in [6, 6.07) is 7.98. The summed E-state index contributed by atoms with van der Waals surface area (Å²) < 4.78 is 11.6. The van der Waals surface area contributed by atoms with Gasteiger partial charge in [0.25, 0.3) is 5.91 Å². The molecule has 3 aliphatic rings. The van der Waals surface area contributed by atoms with Crippen LogP contribution in [0.25, 0.3) is 0 Å². The number of benzene rings is 1. The highest BCUT2D eigenvalue weighted by atomic mass is 16.5. The number of morpholine rings is 1. The Hall–Kier alpha value is -3.34. The lowest BCUT2D eigenvalue weighted by Crippen LogP contribution is -2.45. The second-order valence-electron chi connectivity index (χ2n) is 12.1. The maximum Gasteiger partial charge on any atom is 0.291 e. The van der Waals surface area contributed by atoms with Crippen LogP contribution in [0.15, 0.2) is 55.3 Å². The Balaban J connectivity index is 1.29. The van der Waals surface area contributed by atoms with E-state index in [4.69, 9.17) is 9.15 Å². The van der Waals surface area contributed by atoms with Crippen LogP contribution >= 0.6 is 0 Å². The van der Waals surface area contributed by atoms with E-state index in [0.29, 0.717) is 31.1 Å². The van der Waals surface area contributed by atoms with Gasteiger partial charge in [0.1, 0.15) is 5.76 Å². The molecule has 1 aromatic carbocycles. The van der Waals surface area contributed by atoms with Crippen LogP contribution in [0, 0.1) is 6.92 Å². The van der Waals surface area contributed by atoms with Crippen LogP contribution in [0.2, 0.25) is 0 Å². The largest absolute Gasteiger partial charge is 0.455 e. The van der Waals surface area contributed by atoms with Gasteiger partial charge < -0.3 is 19.4 Å². The SMILES string of the molecule is Cc1ccc(NC(=O)c2cc(CN(C)C)c(C(C)(C)C)o2)cc1N1C/C(=C2/CN=CC(N3CCOCC3)C2)N=N1. The van der Waals surface area contributed by atoms with Crippen molar-refractivity contribution >= 4 is 23.5 Å². The van der Waals surface area contributed by atoms with Gasteiger partial charge in [-0.1, -0.05) is 32.1 Å². The third-order valence-corrected chi connectivity index (χ3v) is 7.46. The fourth-order valence-corrected chi connectivity index (χ4v) is 5.42. The quantitative estimate of drug-likeness (QED) is 0.557. The maximum atomic E-state index is 13.2. The lowest BCUT2D eigenvalue weighted by molar-refractivity contribution is 0.0293. The van der Waals surface area contributed by atoms with Crippen LogP contribution in [-0.2, 0) is 16.7 Å². The van der Waals surface area contributed by atoms with E-state index in [1.165, 1.54) is 5.57 Å². The van der Waals surface area contributed by atoms with Crippen LogP contribution in [0.5, 0.6) is 0 Å². The van der Waals surface area contributed by atoms with Gasteiger partial charge in [-0.3, -0.25) is 14.7 Å². The van der Waals surface area contributed by atoms with E-state index in [1.54, 1.807) is 0 Å². The van der Waals surface area contributed by atoms with Crippen molar-refractivity contribution < 1.29 is 13.9 Å². The van der Waals surface area contributed by atoms with Gasteiger partial charge in [0.15, 0.2) is 5.76 Å². The van der Waals surface area contributed by atoms with Crippen molar-refractivity contribution in [1.82, 2.24) is 9.80 Å². The molecule has 214 valence electrons. The number of nitrogens with zero attached hydrogens (tertiary/aromatic N) is 6. The Morgan fingerprint density at radius 1 is 1.18 bits per heavy atom. The fraction of sp³-hybridized carbons (Fsp3) is 0.533. The Kier molecular flexibility index (Phi) is 8.21. The van der Waals surface area contributed by atoms with Crippen molar-refractivity contribution in [3.8, 4) is 0 Å². The first-order valence-corrected chi connectivity index (χ1v) is 14.0. The summed E-state index contributed by atoms with van der Waals surface area (Å²) >= 11 is 0. The van der Waals surface area contributed by atoms with E-state index in [2.05, 4.69) is 57.4 Å². The zero-order chi connectivity index (χ0) is 28.4. The summed E-state index contributed by atoms with van der Waals surface area (Å²) in [6.07, 6.45) is 2.98. The molecule has 0 saturated carbocycles. The van der Waals surface area contributed by atoms with E-state index in [9.17, 15) is 4.79 Å². The number of carbonyl (C=O) groups excluding carboxylic acids is 1. The van der Waals surface area contributed by atoms with Crippen LogP contribution < -0.4 is 10.3 Å². The van der Waals surface area contributed by atoms with Gasteiger partial charge in [-0.25, -0.2) is 5.01 Å². The first-order valence-electron chi connectivity index (χ1n) is 14.0. The van der Waals surface area contributed by atoms with Crippen LogP contribution in [0.3, 0.4) is 0 Å². The van der Waals surface area contributed by atoms with Crippen molar-refractivity contribution in [2.24, 2.45) is 15.3 Å². The molecule has 0 bridgehead atoms. The highest BCUT2D eigenvalue weighted by Crippen LogP contribution is 2.33. The Morgan fingerprint density at radius 2 is 1.95 bits per heavy atom. The number of nitrogens with one attached hydrogen (secondary N) is 1. The molecule has 10 heteroatoms. The fourth-order valence-electron chi connectivity index (χ4n) is 5.42. The summed E-state index contributed by atoms with van der Waals surface area (Å²) in [5, 5.41) is 13.9. The summed E-state index contributed by atoms with van der Waals surface area (Å²) in [5.41, 5.74) is 5.66. The van der Waals surface area contributed by atoms with E-state index in [1.807, 2.05) is 50.3 Å². The number of amides is 1. The number of aliphatic imine (C=N–C) groups is 1. The molecule has 1 atom stereocenters. The number of hydrogen-bond donors (Lipinski definition) is 1. The molecule has 0 spiro atoms. The average Bonchev–Trinajstić information content (AvgIpc) is 3.58. The molecule has 0 aliphatic carbocycles. The van der Waals surface area contributed by atoms with Crippen molar-refractivity contribution in [3.05, 3.63) is 58.2 Å². The minimum absolute atomic E-state index is 0.209. The molecule has 1 aromatic heterocycles. The number of rotatable bonds is 6. The molecule has 1 fully saturated rings. The zero-order valence-electron chi connectivity index (χ0n) is 24.5. The highest BCUT2D eigenvalue weighted by molar-refractivity contribution is 6.02. The Bertz CT molecular complexity index is 1330. The third kappa shape index (κ3) is 6.35. The predicted octanol–water partition coefficient (Wildman–Crippen LogP) is 4.82. The second-order valence-corrected chi connectivity index (χ2v) is 12.1. The van der Waals surface area contributed by atoms with Gasteiger partial charge in [-0.15, -0.1) is 5.11 Å². The molecule has 2 aromatic rings. The molecule has 10 nitrogen and oxygen atoms in total. The van der Waals surface area contributed by atoms with Gasteiger partial charge >= 0.3 is 0 Å². The zero-order valence-corrected chi connectivity index (χ0v) is 24.5. The lowest BCUT2D eigenvalue weighted by atomic mass is 9.90. The summed E-state index contributed by atoms with van der Waals surface area (Å²) in [7, 11) is 4.02. The predicted molar refractivity (Wildman–Crippen MR) is 157 cm³/mol. The molecule has 0 radical (unpaired) electrons. The highest BCUT2D eigenvalue weighted by Gasteiger charge is 2.28. The Labute approximate surface area is 236 Å². The number of ether oxygens (including phenoxy) is 1. The molecule has 1 amide bonds. The van der Waals surface area contributed by atoms with E-state index < -0.39 is 0 Å². The molecule has 1 saturated heterocycles. The third-order valence-electron chi connectivity index (χ3n) is 7.46. The number of aryl methyl sites for hydroxylation is 1. The second kappa shape index (κ2) is 11.6. The van der Waals surface area contributed by atoms with Crippen molar-refractivity contribution in [1.29, 1.82) is 0 Å². The van der Waals surface area contributed by atoms with Gasteiger partial charge in [0.05, 0.1) is 37.7 Å². The minimum Gasteiger partial charge on any atom is -0.455 e. The summed E-state index contributed by atoms with van der Waals surface area (Å²) in [6.45, 7) is 13.7. The van der Waals surface area contributed by atoms with Gasteiger partial charge in [0.2, 0.25) is 0 Å². The van der Waals surface area contributed by atoms with E-state index >= 15 is 0 Å². The smallest absolute Gasteiger partial charge is 0.291 e. The van der Waals surface area contributed by atoms with Crippen LogP contribution in [-0.4, -0.2) is 81.5 Å². The van der Waals surface area contributed by atoms with Gasteiger partial charge in [-0.05, 0) is 56.8 Å². The topological polar surface area (TPSA) is 98.3 Å². The number of anilines is 2. The molecule has 1 unspecified atom stereocenters. The number of hydrogen-bond acceptors (Lipinski definition) is 9. The molecular formula is C30H41N7O3. The first kappa shape index (κ1) is 28.2. The number of furan rings is 1. The molecule has 40 heavy (non-hydrogen) atoms. The summed E-state index contributed by atoms with van der Waals surface area (Å²) in [5.74, 6) is 0.867. The minimum atomic E-state index is -0.273. The standard InChI is InChI=1S/C30H41N7O3/c1-20-7-8-23(32-29(38)27-14-22(18-35(5)6)28(40-27)30(2,3)4)15-26(20)37-19-25(33-34-37)21-13-24(17-31-16-21)36-9-11-39-12-10-36/h7-8,14-15,17,24H,9-13,16,18-19H2,1-6H3,(H,32,38)/b25-21-. The molecule has 5 rings (SSSR count). The Morgan fingerprint density at radius 3 is 2.67 bits per heavy atom. The normalized spacial score (nSPS) is 22.0.